The van der Waals surface area contributed by atoms with E-state index in [0.29, 0.717) is 6.29 Å². The first-order valence-corrected chi connectivity index (χ1v) is 11.2. The average molecular weight is 504 g/mol. The van der Waals surface area contributed by atoms with E-state index < -0.39 is 40.9 Å². The van der Waals surface area contributed by atoms with Gasteiger partial charge in [-0.2, -0.15) is 0 Å². The van der Waals surface area contributed by atoms with Crippen LogP contribution < -0.4 is 9.47 Å². The molecule has 0 fully saturated rings. The summed E-state index contributed by atoms with van der Waals surface area (Å²) < 4.78 is 80.6. The summed E-state index contributed by atoms with van der Waals surface area (Å²) in [5.41, 5.74) is 0.337. The lowest BCUT2D eigenvalue weighted by Crippen LogP contribution is -2.16. The molecular weight excluding hydrogens is 479 g/mol. The summed E-state index contributed by atoms with van der Waals surface area (Å²) in [4.78, 5) is 10.3. The molecule has 0 N–H and O–H groups in total. The summed E-state index contributed by atoms with van der Waals surface area (Å²) in [5, 5.41) is 0. The predicted octanol–water partition coefficient (Wildman–Crippen LogP) is 7.83. The van der Waals surface area contributed by atoms with Gasteiger partial charge in [0, 0.05) is 11.1 Å². The van der Waals surface area contributed by atoms with E-state index in [2.05, 4.69) is 6.58 Å². The normalized spacial score (nSPS) is 15.6. The van der Waals surface area contributed by atoms with Crippen molar-refractivity contribution in [1.82, 2.24) is 0 Å². The molecule has 0 aromatic heterocycles. The number of hydrogen-bond acceptors (Lipinski definition) is 3. The first kappa shape index (κ1) is 26.9. The second-order valence-corrected chi connectivity index (χ2v) is 7.92. The molecule has 190 valence electrons. The number of aldehydes is 1. The Morgan fingerprint density at radius 2 is 1.50 bits per heavy atom. The molecule has 0 saturated heterocycles. The summed E-state index contributed by atoms with van der Waals surface area (Å²) in [5.74, 6) is -2.72. The second-order valence-electron chi connectivity index (χ2n) is 7.92. The van der Waals surface area contributed by atoms with Crippen LogP contribution in [-0.4, -0.2) is 20.0 Å². The molecule has 0 amide bonds. The van der Waals surface area contributed by atoms with E-state index in [1.165, 1.54) is 43.5 Å². The Balaban J connectivity index is 0.000000236. The molecule has 3 aromatic rings. The molecule has 1 aliphatic rings. The minimum Gasteiger partial charge on any atom is -0.494 e. The van der Waals surface area contributed by atoms with Crippen molar-refractivity contribution in [2.45, 2.75) is 32.1 Å². The molecule has 0 heterocycles. The molecule has 8 heteroatoms. The van der Waals surface area contributed by atoms with Crippen LogP contribution >= 0.6 is 0 Å². The van der Waals surface area contributed by atoms with E-state index >= 15 is 0 Å². The van der Waals surface area contributed by atoms with Gasteiger partial charge in [-0.1, -0.05) is 24.3 Å². The van der Waals surface area contributed by atoms with Gasteiger partial charge in [-0.3, -0.25) is 4.79 Å². The monoisotopic (exact) mass is 504 g/mol. The zero-order valence-electron chi connectivity index (χ0n) is 19.8. The minimum absolute atomic E-state index is 0.113. The Labute approximate surface area is 206 Å². The number of halogens is 5. The van der Waals surface area contributed by atoms with Crippen molar-refractivity contribution in [3.63, 3.8) is 0 Å². The molecule has 0 saturated carbocycles. The van der Waals surface area contributed by atoms with Gasteiger partial charge in [-0.15, -0.1) is 6.58 Å². The van der Waals surface area contributed by atoms with Crippen LogP contribution in [0.15, 0.2) is 55.1 Å². The number of carbonyl (C=O) groups excluding carboxylic acids is 1. The number of fused-ring (bicyclic) bond motifs is 3. The van der Waals surface area contributed by atoms with Gasteiger partial charge in [0.25, 0.3) is 0 Å². The van der Waals surface area contributed by atoms with Crippen molar-refractivity contribution in [3.8, 4) is 22.6 Å². The molecule has 2 atom stereocenters. The van der Waals surface area contributed by atoms with Crippen molar-refractivity contribution in [2.24, 2.45) is 0 Å². The third kappa shape index (κ3) is 5.27. The molecule has 2 unspecified atom stereocenters. The van der Waals surface area contributed by atoms with Crippen LogP contribution in [0.4, 0.5) is 22.0 Å². The van der Waals surface area contributed by atoms with E-state index in [0.717, 1.165) is 18.4 Å². The van der Waals surface area contributed by atoms with Gasteiger partial charge < -0.3 is 9.47 Å². The Hall–Kier alpha value is -3.68. The second kappa shape index (κ2) is 11.8. The van der Waals surface area contributed by atoms with E-state index in [4.69, 9.17) is 9.47 Å². The zero-order valence-corrected chi connectivity index (χ0v) is 19.8. The van der Waals surface area contributed by atoms with E-state index in [-0.39, 0.29) is 34.8 Å². The fourth-order valence-electron chi connectivity index (χ4n) is 3.96. The van der Waals surface area contributed by atoms with Crippen molar-refractivity contribution in [1.29, 1.82) is 0 Å². The lowest BCUT2D eigenvalue weighted by atomic mass is 9.82. The average Bonchev–Trinajstić information content (AvgIpc) is 2.87. The Kier molecular flexibility index (Phi) is 8.85. The fraction of sp³-hybridized carbons (Fsp3) is 0.250. The number of aryl methyl sites for hydroxylation is 1. The van der Waals surface area contributed by atoms with E-state index in [1.54, 1.807) is 19.1 Å². The van der Waals surface area contributed by atoms with Crippen LogP contribution in [0.25, 0.3) is 11.1 Å². The van der Waals surface area contributed by atoms with Crippen LogP contribution in [0, 0.1) is 17.5 Å². The van der Waals surface area contributed by atoms with Gasteiger partial charge >= 0.3 is 0 Å². The Morgan fingerprint density at radius 1 is 0.917 bits per heavy atom. The number of allylic oxidation sites excluding steroid dienone is 1. The fourth-order valence-corrected chi connectivity index (χ4v) is 3.96. The van der Waals surface area contributed by atoms with Crippen LogP contribution in [0.2, 0.25) is 0 Å². The highest BCUT2D eigenvalue weighted by atomic mass is 19.2. The molecule has 0 radical (unpaired) electrons. The summed E-state index contributed by atoms with van der Waals surface area (Å²) in [6.45, 7) is 5.42. The van der Waals surface area contributed by atoms with Gasteiger partial charge in [0.1, 0.15) is 5.82 Å². The number of benzene rings is 3. The smallest absolute Gasteiger partial charge is 0.171 e. The van der Waals surface area contributed by atoms with E-state index in [1.807, 2.05) is 0 Å². The highest BCUT2D eigenvalue weighted by Gasteiger charge is 2.40. The molecule has 0 aliphatic heterocycles. The van der Waals surface area contributed by atoms with Crippen molar-refractivity contribution < 1.29 is 36.2 Å². The van der Waals surface area contributed by atoms with Crippen LogP contribution in [0.1, 0.15) is 52.7 Å². The maximum absolute atomic E-state index is 14.5. The standard InChI is InChI=1S/C17H14F4O2.C11H11FO/c1-3-23-11-7-5-9-8-4-6-10(22-2)14(18)12(8)16(20)17(21)13(9)15(11)19;1-2-3-4-9-5-6-10(8-13)11(12)7-9/h4-7,16-17H,3H2,1-2H3;2,5-8H,1,3-4H2. The van der Waals surface area contributed by atoms with Gasteiger partial charge in [0.2, 0.25) is 0 Å². The Morgan fingerprint density at radius 3 is 2.00 bits per heavy atom. The minimum atomic E-state index is -2.32. The summed E-state index contributed by atoms with van der Waals surface area (Å²) in [6.07, 6.45) is -0.754. The first-order chi connectivity index (χ1) is 17.3. The van der Waals surface area contributed by atoms with Gasteiger partial charge in [-0.25, -0.2) is 22.0 Å². The lowest BCUT2D eigenvalue weighted by Gasteiger charge is -2.28. The molecule has 0 bridgehead atoms. The summed E-state index contributed by atoms with van der Waals surface area (Å²) in [6, 6.07) is 10.1. The van der Waals surface area contributed by atoms with E-state index in [9.17, 15) is 26.7 Å². The Bertz CT molecular complexity index is 1260. The first-order valence-electron chi connectivity index (χ1n) is 11.2. The molecule has 3 nitrogen and oxygen atoms in total. The number of carbonyl (C=O) groups is 1. The molecule has 4 rings (SSSR count). The predicted molar refractivity (Wildman–Crippen MR) is 128 cm³/mol. The maximum atomic E-state index is 14.5. The largest absolute Gasteiger partial charge is 0.494 e. The van der Waals surface area contributed by atoms with Crippen LogP contribution in [0.3, 0.4) is 0 Å². The molecule has 1 aliphatic carbocycles. The van der Waals surface area contributed by atoms with Crippen molar-refractivity contribution >= 4 is 6.29 Å². The number of alkyl halides is 2. The lowest BCUT2D eigenvalue weighted by molar-refractivity contribution is 0.111. The maximum Gasteiger partial charge on any atom is 0.171 e. The highest BCUT2D eigenvalue weighted by molar-refractivity contribution is 5.77. The van der Waals surface area contributed by atoms with Crippen molar-refractivity contribution in [3.05, 3.63) is 94.8 Å². The third-order valence-electron chi connectivity index (χ3n) is 5.74. The topological polar surface area (TPSA) is 35.5 Å². The zero-order chi connectivity index (χ0) is 26.4. The van der Waals surface area contributed by atoms with Crippen molar-refractivity contribution in [2.75, 3.05) is 13.7 Å². The number of ether oxygens (including phenoxy) is 2. The van der Waals surface area contributed by atoms with Gasteiger partial charge in [-0.05, 0) is 60.7 Å². The quantitative estimate of drug-likeness (QED) is 0.187. The van der Waals surface area contributed by atoms with Crippen LogP contribution in [-0.2, 0) is 6.42 Å². The van der Waals surface area contributed by atoms with Gasteiger partial charge in [0.15, 0.2) is 41.8 Å². The highest BCUT2D eigenvalue weighted by Crippen LogP contribution is 2.52. The molecule has 3 aromatic carbocycles. The number of rotatable bonds is 7. The summed E-state index contributed by atoms with van der Waals surface area (Å²) in [7, 11) is 1.23. The molecule has 0 spiro atoms. The third-order valence-corrected chi connectivity index (χ3v) is 5.74. The SMILES string of the molecule is C=CCCc1ccc(C=O)c(F)c1.CCOc1ccc2c(c1F)C(F)C(F)c1c-2ccc(OC)c1F. The van der Waals surface area contributed by atoms with Crippen LogP contribution in [0.5, 0.6) is 11.5 Å². The molecule has 36 heavy (non-hydrogen) atoms. The summed E-state index contributed by atoms with van der Waals surface area (Å²) >= 11 is 0. The number of methoxy groups -OCH3 is 1. The molecular formula is C28H25F5O3. The number of hydrogen-bond donors (Lipinski definition) is 0. The van der Waals surface area contributed by atoms with Gasteiger partial charge in [0.05, 0.1) is 19.3 Å².